The Bertz CT molecular complexity index is 764. The predicted molar refractivity (Wildman–Crippen MR) is 55.6 cm³/mol. The summed E-state index contributed by atoms with van der Waals surface area (Å²) in [5, 5.41) is -1.39. The van der Waals surface area contributed by atoms with Crippen LogP contribution in [0, 0.1) is 0 Å². The second-order valence-electron chi connectivity index (χ2n) is 3.34. The van der Waals surface area contributed by atoms with Crippen molar-refractivity contribution in [2.75, 3.05) is 0 Å². The van der Waals surface area contributed by atoms with E-state index in [-0.39, 0.29) is 10.9 Å². The number of hydrogen-bond donors (Lipinski definition) is 1. The molecule has 9 heteroatoms. The van der Waals surface area contributed by atoms with Crippen molar-refractivity contribution in [3.05, 3.63) is 34.6 Å². The quantitative estimate of drug-likeness (QED) is 0.795. The number of aromatic amines is 1. The summed E-state index contributed by atoms with van der Waals surface area (Å²) < 4.78 is 59.1. The number of halogens is 3. The van der Waals surface area contributed by atoms with Crippen LogP contribution in [0.4, 0.5) is 13.2 Å². The third-order valence-electron chi connectivity index (χ3n) is 2.15. The van der Waals surface area contributed by atoms with Gasteiger partial charge >= 0.3 is 15.3 Å². The minimum atomic E-state index is -5.66. The van der Waals surface area contributed by atoms with Crippen molar-refractivity contribution in [1.29, 1.82) is 0 Å². The third-order valence-corrected chi connectivity index (χ3v) is 3.46. The van der Waals surface area contributed by atoms with Crippen molar-refractivity contribution in [3.63, 3.8) is 0 Å². The molecule has 0 saturated heterocycles. The molecular weight excluding hydrogens is 273 g/mol. The highest BCUT2D eigenvalue weighted by atomic mass is 32.2. The number of fused-ring (bicyclic) bond motifs is 1. The van der Waals surface area contributed by atoms with Crippen molar-refractivity contribution in [1.82, 2.24) is 9.97 Å². The van der Waals surface area contributed by atoms with Gasteiger partial charge in [0, 0.05) is 0 Å². The highest BCUT2D eigenvalue weighted by Gasteiger charge is 2.49. The van der Waals surface area contributed by atoms with Crippen LogP contribution in [0.5, 0.6) is 0 Å². The van der Waals surface area contributed by atoms with Crippen LogP contribution in [0.15, 0.2) is 34.2 Å². The molecule has 0 fully saturated rings. The molecule has 1 N–H and O–H groups in total. The standard InChI is InChI=1S/C9H5F3N2O3S/c10-9(11,12)18(16,17)8-13-6-4-2-1-3-5(6)7(15)14-8/h1-4H,(H,13,14,15). The molecule has 96 valence electrons. The van der Waals surface area contributed by atoms with E-state index < -0.39 is 26.1 Å². The van der Waals surface area contributed by atoms with Crippen LogP contribution in [0.25, 0.3) is 10.9 Å². The Kier molecular flexibility index (Phi) is 2.65. The molecule has 1 aromatic carbocycles. The van der Waals surface area contributed by atoms with Gasteiger partial charge in [-0.1, -0.05) is 12.1 Å². The summed E-state index contributed by atoms with van der Waals surface area (Å²) >= 11 is 0. The van der Waals surface area contributed by atoms with Crippen LogP contribution < -0.4 is 5.56 Å². The Morgan fingerprint density at radius 2 is 1.78 bits per heavy atom. The van der Waals surface area contributed by atoms with Crippen LogP contribution in [-0.2, 0) is 9.84 Å². The van der Waals surface area contributed by atoms with E-state index in [0.717, 1.165) is 0 Å². The molecule has 2 rings (SSSR count). The summed E-state index contributed by atoms with van der Waals surface area (Å²) in [5.41, 5.74) is -6.57. The maximum absolute atomic E-state index is 12.3. The molecule has 0 bridgehead atoms. The Morgan fingerprint density at radius 3 is 2.39 bits per heavy atom. The lowest BCUT2D eigenvalue weighted by Gasteiger charge is -2.07. The summed E-state index contributed by atoms with van der Waals surface area (Å²) in [7, 11) is -5.66. The maximum Gasteiger partial charge on any atom is 0.504 e. The number of hydrogen-bond acceptors (Lipinski definition) is 4. The van der Waals surface area contributed by atoms with E-state index in [4.69, 9.17) is 0 Å². The van der Waals surface area contributed by atoms with Gasteiger partial charge in [-0.3, -0.25) is 9.78 Å². The number of H-pyrrole nitrogens is 1. The molecule has 0 aliphatic rings. The van der Waals surface area contributed by atoms with E-state index in [0.29, 0.717) is 0 Å². The number of nitrogens with zero attached hydrogens (tertiary/aromatic N) is 1. The zero-order chi connectivity index (χ0) is 13.6. The number of benzene rings is 1. The molecule has 2 aromatic rings. The van der Waals surface area contributed by atoms with Crippen LogP contribution >= 0.6 is 0 Å². The first-order valence-electron chi connectivity index (χ1n) is 4.54. The predicted octanol–water partition coefficient (Wildman–Crippen LogP) is 1.22. The maximum atomic E-state index is 12.3. The van der Waals surface area contributed by atoms with Crippen LogP contribution in [0.3, 0.4) is 0 Å². The molecule has 0 aliphatic carbocycles. The van der Waals surface area contributed by atoms with Gasteiger partial charge in [0.15, 0.2) is 0 Å². The first-order valence-corrected chi connectivity index (χ1v) is 6.02. The van der Waals surface area contributed by atoms with Crippen molar-refractivity contribution in [2.24, 2.45) is 0 Å². The van der Waals surface area contributed by atoms with Gasteiger partial charge in [-0.05, 0) is 12.1 Å². The molecule has 0 amide bonds. The second kappa shape index (κ2) is 3.80. The molecular formula is C9H5F3N2O3S. The number of nitrogens with one attached hydrogen (secondary N) is 1. The van der Waals surface area contributed by atoms with E-state index in [1.807, 2.05) is 0 Å². The van der Waals surface area contributed by atoms with Crippen molar-refractivity contribution in [2.45, 2.75) is 10.7 Å². The van der Waals surface area contributed by atoms with Gasteiger partial charge < -0.3 is 0 Å². The Balaban J connectivity index is 2.80. The molecule has 0 aliphatic heterocycles. The number of para-hydroxylation sites is 1. The summed E-state index contributed by atoms with van der Waals surface area (Å²) in [6.07, 6.45) is 0. The molecule has 18 heavy (non-hydrogen) atoms. The van der Waals surface area contributed by atoms with E-state index >= 15 is 0 Å². The zero-order valence-electron chi connectivity index (χ0n) is 8.52. The molecule has 1 aromatic heterocycles. The molecule has 0 radical (unpaired) electrons. The fraction of sp³-hybridized carbons (Fsp3) is 0.111. The zero-order valence-corrected chi connectivity index (χ0v) is 9.34. The first kappa shape index (κ1) is 12.6. The lowest BCUT2D eigenvalue weighted by molar-refractivity contribution is -0.0440. The second-order valence-corrected chi connectivity index (χ2v) is 5.19. The minimum Gasteiger partial charge on any atom is -0.296 e. The molecule has 0 atom stereocenters. The average Bonchev–Trinajstić information content (AvgIpc) is 2.27. The summed E-state index contributed by atoms with van der Waals surface area (Å²) in [5.74, 6) is 0. The number of sulfone groups is 1. The van der Waals surface area contributed by atoms with Crippen LogP contribution in [-0.4, -0.2) is 23.9 Å². The summed E-state index contributed by atoms with van der Waals surface area (Å²) in [4.78, 5) is 16.4. The van der Waals surface area contributed by atoms with Crippen molar-refractivity contribution in [3.8, 4) is 0 Å². The van der Waals surface area contributed by atoms with Crippen molar-refractivity contribution < 1.29 is 21.6 Å². The van der Waals surface area contributed by atoms with Gasteiger partial charge in [0.25, 0.3) is 5.56 Å². The highest BCUT2D eigenvalue weighted by Crippen LogP contribution is 2.28. The summed E-state index contributed by atoms with van der Waals surface area (Å²) in [6.45, 7) is 0. The molecule has 0 unspecified atom stereocenters. The van der Waals surface area contributed by atoms with Gasteiger partial charge in [-0.25, -0.2) is 13.4 Å². The fourth-order valence-electron chi connectivity index (χ4n) is 1.30. The van der Waals surface area contributed by atoms with Gasteiger partial charge in [-0.15, -0.1) is 0 Å². The number of alkyl halides is 3. The molecule has 5 nitrogen and oxygen atoms in total. The first-order chi connectivity index (χ1) is 8.23. The topological polar surface area (TPSA) is 79.9 Å². The lowest BCUT2D eigenvalue weighted by atomic mass is 10.2. The van der Waals surface area contributed by atoms with Gasteiger partial charge in [0.2, 0.25) is 5.16 Å². The Labute approximate surface area is 98.2 Å². The Morgan fingerprint density at radius 1 is 1.17 bits per heavy atom. The van der Waals surface area contributed by atoms with E-state index in [1.165, 1.54) is 24.3 Å². The van der Waals surface area contributed by atoms with Crippen LogP contribution in [0.2, 0.25) is 0 Å². The molecule has 0 saturated carbocycles. The van der Waals surface area contributed by atoms with Gasteiger partial charge in [-0.2, -0.15) is 13.2 Å². The third kappa shape index (κ3) is 1.86. The van der Waals surface area contributed by atoms with E-state index in [2.05, 4.69) is 4.98 Å². The van der Waals surface area contributed by atoms with E-state index in [9.17, 15) is 26.4 Å². The highest BCUT2D eigenvalue weighted by molar-refractivity contribution is 7.92. The number of aromatic nitrogens is 2. The smallest absolute Gasteiger partial charge is 0.296 e. The van der Waals surface area contributed by atoms with Gasteiger partial charge in [0.05, 0.1) is 10.9 Å². The van der Waals surface area contributed by atoms with Crippen molar-refractivity contribution >= 4 is 20.7 Å². The Hall–Kier alpha value is -1.90. The van der Waals surface area contributed by atoms with E-state index in [1.54, 1.807) is 4.98 Å². The van der Waals surface area contributed by atoms with Gasteiger partial charge in [0.1, 0.15) is 0 Å². The normalized spacial score (nSPS) is 12.8. The molecule has 1 heterocycles. The monoisotopic (exact) mass is 278 g/mol. The lowest BCUT2D eigenvalue weighted by Crippen LogP contribution is -2.27. The van der Waals surface area contributed by atoms with Crippen LogP contribution in [0.1, 0.15) is 0 Å². The SMILES string of the molecule is O=c1[nH]c(S(=O)(=O)C(F)(F)F)nc2ccccc12. The minimum absolute atomic E-state index is 0.0126. The largest absolute Gasteiger partial charge is 0.504 e. The fourth-order valence-corrected chi connectivity index (χ4v) is 1.97. The summed E-state index contributed by atoms with van der Waals surface area (Å²) in [6, 6.07) is 5.49. The average molecular weight is 278 g/mol. The number of rotatable bonds is 1. The molecule has 0 spiro atoms.